The molecule has 0 unspecified atom stereocenters. The summed E-state index contributed by atoms with van der Waals surface area (Å²) in [6.07, 6.45) is 4.21. The maximum Gasteiger partial charge on any atom is 0.269 e. The van der Waals surface area contributed by atoms with Crippen LogP contribution in [0.3, 0.4) is 0 Å². The van der Waals surface area contributed by atoms with Gasteiger partial charge < -0.3 is 10.2 Å². The van der Waals surface area contributed by atoms with Gasteiger partial charge in [-0.25, -0.2) is 0 Å². The van der Waals surface area contributed by atoms with Gasteiger partial charge in [-0.1, -0.05) is 6.07 Å². The number of carbonyl (C=O) groups is 1. The van der Waals surface area contributed by atoms with Crippen molar-refractivity contribution in [2.24, 2.45) is 0 Å². The van der Waals surface area contributed by atoms with Gasteiger partial charge in [0.05, 0.1) is 0 Å². The molecule has 1 aromatic heterocycles. The van der Waals surface area contributed by atoms with Gasteiger partial charge in [-0.05, 0) is 38.1 Å². The highest BCUT2D eigenvalue weighted by molar-refractivity contribution is 5.92. The van der Waals surface area contributed by atoms with Crippen molar-refractivity contribution in [1.82, 2.24) is 15.2 Å². The molecular weight excluding hydrogens is 202 g/mol. The highest BCUT2D eigenvalue weighted by Crippen LogP contribution is 2.05. The lowest BCUT2D eigenvalue weighted by molar-refractivity contribution is 0.0945. The molecule has 1 aliphatic heterocycles. The lowest BCUT2D eigenvalue weighted by atomic mass is 10.3. The van der Waals surface area contributed by atoms with Gasteiger partial charge in [0.15, 0.2) is 0 Å². The standard InChI is InChI=1S/C12H17N3O/c16-12(11-5-1-2-6-13-11)14-7-10-15-8-3-4-9-15/h1-2,5-6H,3-4,7-10H2,(H,14,16). The Hall–Kier alpha value is -1.42. The van der Waals surface area contributed by atoms with Crippen LogP contribution in [0.25, 0.3) is 0 Å². The molecular formula is C12H17N3O. The molecule has 0 atom stereocenters. The van der Waals surface area contributed by atoms with E-state index in [1.165, 1.54) is 25.9 Å². The van der Waals surface area contributed by atoms with Gasteiger partial charge >= 0.3 is 0 Å². The summed E-state index contributed by atoms with van der Waals surface area (Å²) >= 11 is 0. The highest BCUT2D eigenvalue weighted by Gasteiger charge is 2.11. The van der Waals surface area contributed by atoms with Crippen molar-refractivity contribution in [3.05, 3.63) is 30.1 Å². The van der Waals surface area contributed by atoms with Crippen LogP contribution in [0.2, 0.25) is 0 Å². The van der Waals surface area contributed by atoms with E-state index in [2.05, 4.69) is 15.2 Å². The van der Waals surface area contributed by atoms with Gasteiger partial charge in [0, 0.05) is 19.3 Å². The van der Waals surface area contributed by atoms with Crippen molar-refractivity contribution in [2.45, 2.75) is 12.8 Å². The Balaban J connectivity index is 1.71. The summed E-state index contributed by atoms with van der Waals surface area (Å²) in [6.45, 7) is 3.98. The molecule has 4 heteroatoms. The van der Waals surface area contributed by atoms with Crippen molar-refractivity contribution in [1.29, 1.82) is 0 Å². The number of rotatable bonds is 4. The van der Waals surface area contributed by atoms with Gasteiger partial charge in [-0.3, -0.25) is 9.78 Å². The molecule has 1 aliphatic rings. The smallest absolute Gasteiger partial charge is 0.269 e. The maximum absolute atomic E-state index is 11.6. The van der Waals surface area contributed by atoms with E-state index in [0.29, 0.717) is 12.2 Å². The lowest BCUT2D eigenvalue weighted by Gasteiger charge is -2.14. The first-order valence-electron chi connectivity index (χ1n) is 5.78. The average molecular weight is 219 g/mol. The molecule has 1 N–H and O–H groups in total. The molecule has 16 heavy (non-hydrogen) atoms. The van der Waals surface area contributed by atoms with E-state index in [9.17, 15) is 4.79 Å². The molecule has 2 rings (SSSR count). The Bertz CT molecular complexity index is 333. The number of hydrogen-bond donors (Lipinski definition) is 1. The van der Waals surface area contributed by atoms with Crippen molar-refractivity contribution in [3.8, 4) is 0 Å². The number of likely N-dealkylation sites (tertiary alicyclic amines) is 1. The van der Waals surface area contributed by atoms with E-state index in [1.807, 2.05) is 6.07 Å². The predicted octanol–water partition coefficient (Wildman–Crippen LogP) is 0.907. The second-order valence-corrected chi connectivity index (χ2v) is 4.02. The zero-order valence-electron chi connectivity index (χ0n) is 9.35. The van der Waals surface area contributed by atoms with Crippen LogP contribution in [-0.4, -0.2) is 42.0 Å². The third-order valence-corrected chi connectivity index (χ3v) is 2.81. The molecule has 0 bridgehead atoms. The zero-order chi connectivity index (χ0) is 11.2. The third-order valence-electron chi connectivity index (χ3n) is 2.81. The fourth-order valence-corrected chi connectivity index (χ4v) is 1.92. The molecule has 4 nitrogen and oxygen atoms in total. The zero-order valence-corrected chi connectivity index (χ0v) is 9.35. The van der Waals surface area contributed by atoms with Crippen LogP contribution in [0.1, 0.15) is 23.3 Å². The number of amides is 1. The summed E-state index contributed by atoms with van der Waals surface area (Å²) in [5.74, 6) is -0.0835. The molecule has 0 aliphatic carbocycles. The number of aromatic nitrogens is 1. The van der Waals surface area contributed by atoms with Gasteiger partial charge in [0.1, 0.15) is 5.69 Å². The summed E-state index contributed by atoms with van der Waals surface area (Å²) in [7, 11) is 0. The molecule has 86 valence electrons. The Morgan fingerprint density at radius 3 is 2.88 bits per heavy atom. The second kappa shape index (κ2) is 5.61. The summed E-state index contributed by atoms with van der Waals surface area (Å²) < 4.78 is 0. The topological polar surface area (TPSA) is 45.2 Å². The van der Waals surface area contributed by atoms with Crippen LogP contribution in [0.5, 0.6) is 0 Å². The monoisotopic (exact) mass is 219 g/mol. The number of pyridine rings is 1. The number of hydrogen-bond acceptors (Lipinski definition) is 3. The van der Waals surface area contributed by atoms with Crippen LogP contribution in [0.15, 0.2) is 24.4 Å². The molecule has 0 spiro atoms. The quantitative estimate of drug-likeness (QED) is 0.818. The SMILES string of the molecule is O=C(NCCN1CCCC1)c1ccccn1. The lowest BCUT2D eigenvalue weighted by Crippen LogP contribution is -2.33. The summed E-state index contributed by atoms with van der Waals surface area (Å²) in [6, 6.07) is 5.36. The first-order chi connectivity index (χ1) is 7.86. The van der Waals surface area contributed by atoms with Gasteiger partial charge in [0.25, 0.3) is 5.91 Å². The average Bonchev–Trinajstić information content (AvgIpc) is 2.83. The molecule has 1 fully saturated rings. The van der Waals surface area contributed by atoms with Crippen molar-refractivity contribution < 1.29 is 4.79 Å². The normalized spacial score (nSPS) is 16.2. The molecule has 0 aromatic carbocycles. The molecule has 2 heterocycles. The van der Waals surface area contributed by atoms with Crippen molar-refractivity contribution >= 4 is 5.91 Å². The summed E-state index contributed by atoms with van der Waals surface area (Å²) in [5, 5.41) is 2.88. The number of nitrogens with one attached hydrogen (secondary N) is 1. The third kappa shape index (κ3) is 3.03. The van der Waals surface area contributed by atoms with Crippen LogP contribution < -0.4 is 5.32 Å². The highest BCUT2D eigenvalue weighted by atomic mass is 16.1. The molecule has 0 saturated carbocycles. The van der Waals surface area contributed by atoms with Crippen LogP contribution >= 0.6 is 0 Å². The summed E-state index contributed by atoms with van der Waals surface area (Å²) in [5.41, 5.74) is 0.490. The van der Waals surface area contributed by atoms with E-state index in [-0.39, 0.29) is 5.91 Å². The van der Waals surface area contributed by atoms with Crippen LogP contribution in [0, 0.1) is 0 Å². The van der Waals surface area contributed by atoms with E-state index in [0.717, 1.165) is 6.54 Å². The summed E-state index contributed by atoms with van der Waals surface area (Å²) in [4.78, 5) is 18.0. The molecule has 1 amide bonds. The van der Waals surface area contributed by atoms with Crippen LogP contribution in [-0.2, 0) is 0 Å². The number of nitrogens with zero attached hydrogens (tertiary/aromatic N) is 2. The molecule has 1 aromatic rings. The largest absolute Gasteiger partial charge is 0.349 e. The van der Waals surface area contributed by atoms with E-state index >= 15 is 0 Å². The first-order valence-corrected chi connectivity index (χ1v) is 5.78. The Kier molecular flexibility index (Phi) is 3.88. The van der Waals surface area contributed by atoms with Gasteiger partial charge in [0.2, 0.25) is 0 Å². The fraction of sp³-hybridized carbons (Fsp3) is 0.500. The van der Waals surface area contributed by atoms with E-state index in [4.69, 9.17) is 0 Å². The fourth-order valence-electron chi connectivity index (χ4n) is 1.92. The van der Waals surface area contributed by atoms with Crippen molar-refractivity contribution in [3.63, 3.8) is 0 Å². The maximum atomic E-state index is 11.6. The second-order valence-electron chi connectivity index (χ2n) is 4.02. The van der Waals surface area contributed by atoms with Gasteiger partial charge in [-0.15, -0.1) is 0 Å². The Labute approximate surface area is 95.7 Å². The van der Waals surface area contributed by atoms with Gasteiger partial charge in [-0.2, -0.15) is 0 Å². The molecule has 0 radical (unpaired) electrons. The molecule has 1 saturated heterocycles. The Morgan fingerprint density at radius 1 is 1.38 bits per heavy atom. The van der Waals surface area contributed by atoms with Crippen molar-refractivity contribution in [2.75, 3.05) is 26.2 Å². The van der Waals surface area contributed by atoms with E-state index in [1.54, 1.807) is 18.3 Å². The minimum absolute atomic E-state index is 0.0835. The predicted molar refractivity (Wildman–Crippen MR) is 62.2 cm³/mol. The minimum Gasteiger partial charge on any atom is -0.349 e. The minimum atomic E-state index is -0.0835. The van der Waals surface area contributed by atoms with Crippen LogP contribution in [0.4, 0.5) is 0 Å². The first kappa shape index (κ1) is 11.1. The number of carbonyl (C=O) groups excluding carboxylic acids is 1. The Morgan fingerprint density at radius 2 is 2.19 bits per heavy atom. The van der Waals surface area contributed by atoms with E-state index < -0.39 is 0 Å².